The summed E-state index contributed by atoms with van der Waals surface area (Å²) >= 11 is 0. The Morgan fingerprint density at radius 1 is 1.44 bits per heavy atom. The van der Waals surface area contributed by atoms with Crippen molar-refractivity contribution in [2.75, 3.05) is 33.2 Å². The van der Waals surface area contributed by atoms with Crippen molar-refractivity contribution in [2.24, 2.45) is 5.92 Å². The quantitative estimate of drug-likeness (QED) is 0.731. The Bertz CT molecular complexity index is 229. The summed E-state index contributed by atoms with van der Waals surface area (Å²) in [4.78, 5) is 13.7. The molecule has 2 rings (SSSR count). The molecular formula is C11H22ClN3O. The highest BCUT2D eigenvalue weighted by atomic mass is 35.5. The standard InChI is InChI=1S/C11H21N3O.ClH/c1-14(10-6-12-7-10)8-11(15)13-5-9-3-2-4-9;/h9-10,12H,2-8H2,1H3,(H,13,15);1H. The van der Waals surface area contributed by atoms with Crippen LogP contribution in [0, 0.1) is 5.92 Å². The lowest BCUT2D eigenvalue weighted by atomic mass is 9.85. The summed E-state index contributed by atoms with van der Waals surface area (Å²) in [5.41, 5.74) is 0. The number of nitrogens with one attached hydrogen (secondary N) is 2. The van der Waals surface area contributed by atoms with Gasteiger partial charge in [-0.15, -0.1) is 12.4 Å². The third-order valence-electron chi connectivity index (χ3n) is 3.59. The second kappa shape index (κ2) is 6.42. The molecule has 0 bridgehead atoms. The number of carbonyl (C=O) groups is 1. The van der Waals surface area contributed by atoms with Crippen LogP contribution in [0.15, 0.2) is 0 Å². The van der Waals surface area contributed by atoms with E-state index in [1.807, 2.05) is 7.05 Å². The van der Waals surface area contributed by atoms with Crippen LogP contribution in [0.4, 0.5) is 0 Å². The summed E-state index contributed by atoms with van der Waals surface area (Å²) in [6.07, 6.45) is 3.93. The molecule has 0 radical (unpaired) electrons. The monoisotopic (exact) mass is 247 g/mol. The lowest BCUT2D eigenvalue weighted by Gasteiger charge is -2.35. The molecule has 0 aromatic carbocycles. The molecule has 1 saturated heterocycles. The van der Waals surface area contributed by atoms with Crippen molar-refractivity contribution in [3.05, 3.63) is 0 Å². The predicted molar refractivity (Wildman–Crippen MR) is 66.9 cm³/mol. The Morgan fingerprint density at radius 2 is 2.12 bits per heavy atom. The van der Waals surface area contributed by atoms with Gasteiger partial charge in [-0.25, -0.2) is 0 Å². The molecule has 0 spiro atoms. The molecule has 94 valence electrons. The second-order valence-corrected chi connectivity index (χ2v) is 4.83. The third kappa shape index (κ3) is 3.61. The van der Waals surface area contributed by atoms with E-state index in [0.717, 1.165) is 25.6 Å². The number of halogens is 1. The minimum Gasteiger partial charge on any atom is -0.355 e. The van der Waals surface area contributed by atoms with E-state index < -0.39 is 0 Å². The molecule has 1 amide bonds. The van der Waals surface area contributed by atoms with E-state index >= 15 is 0 Å². The summed E-state index contributed by atoms with van der Waals surface area (Å²) < 4.78 is 0. The number of hydrogen-bond acceptors (Lipinski definition) is 3. The Morgan fingerprint density at radius 3 is 2.56 bits per heavy atom. The summed E-state index contributed by atoms with van der Waals surface area (Å²) in [7, 11) is 2.02. The topological polar surface area (TPSA) is 44.4 Å². The van der Waals surface area contributed by atoms with Gasteiger partial charge in [0.1, 0.15) is 0 Å². The van der Waals surface area contributed by atoms with Crippen molar-refractivity contribution in [3.8, 4) is 0 Å². The maximum Gasteiger partial charge on any atom is 0.234 e. The van der Waals surface area contributed by atoms with Crippen molar-refractivity contribution in [3.63, 3.8) is 0 Å². The van der Waals surface area contributed by atoms with Crippen molar-refractivity contribution < 1.29 is 4.79 Å². The van der Waals surface area contributed by atoms with Gasteiger partial charge in [0.25, 0.3) is 0 Å². The van der Waals surface area contributed by atoms with Gasteiger partial charge in [-0.3, -0.25) is 9.69 Å². The van der Waals surface area contributed by atoms with E-state index in [1.165, 1.54) is 19.3 Å². The van der Waals surface area contributed by atoms with Crippen LogP contribution in [0.25, 0.3) is 0 Å². The Hall–Kier alpha value is -0.320. The number of hydrogen-bond donors (Lipinski definition) is 2. The van der Waals surface area contributed by atoms with E-state index in [2.05, 4.69) is 15.5 Å². The molecular weight excluding hydrogens is 226 g/mol. The van der Waals surface area contributed by atoms with Crippen molar-refractivity contribution in [2.45, 2.75) is 25.3 Å². The highest BCUT2D eigenvalue weighted by Crippen LogP contribution is 2.25. The van der Waals surface area contributed by atoms with Gasteiger partial charge in [0.05, 0.1) is 6.54 Å². The van der Waals surface area contributed by atoms with Crippen LogP contribution in [0.1, 0.15) is 19.3 Å². The lowest BCUT2D eigenvalue weighted by Crippen LogP contribution is -2.57. The van der Waals surface area contributed by atoms with Gasteiger partial charge in [0.2, 0.25) is 5.91 Å². The van der Waals surface area contributed by atoms with E-state index in [1.54, 1.807) is 0 Å². The van der Waals surface area contributed by atoms with Crippen LogP contribution < -0.4 is 10.6 Å². The average molecular weight is 248 g/mol. The van der Waals surface area contributed by atoms with Gasteiger partial charge in [0, 0.05) is 25.7 Å². The fourth-order valence-electron chi connectivity index (χ4n) is 1.95. The van der Waals surface area contributed by atoms with E-state index in [-0.39, 0.29) is 18.3 Å². The van der Waals surface area contributed by atoms with Crippen molar-refractivity contribution >= 4 is 18.3 Å². The minimum atomic E-state index is 0. The first-order chi connectivity index (χ1) is 7.25. The zero-order chi connectivity index (χ0) is 10.7. The molecule has 0 unspecified atom stereocenters. The van der Waals surface area contributed by atoms with Gasteiger partial charge in [0.15, 0.2) is 0 Å². The molecule has 16 heavy (non-hydrogen) atoms. The van der Waals surface area contributed by atoms with Gasteiger partial charge >= 0.3 is 0 Å². The molecule has 2 aliphatic rings. The average Bonchev–Trinajstić information content (AvgIpc) is 1.96. The van der Waals surface area contributed by atoms with Crippen molar-refractivity contribution in [1.29, 1.82) is 0 Å². The van der Waals surface area contributed by atoms with Crippen LogP contribution in [-0.2, 0) is 4.79 Å². The molecule has 2 fully saturated rings. The smallest absolute Gasteiger partial charge is 0.234 e. The largest absolute Gasteiger partial charge is 0.355 e. The zero-order valence-electron chi connectivity index (χ0n) is 9.87. The highest BCUT2D eigenvalue weighted by Gasteiger charge is 2.23. The number of nitrogens with zero attached hydrogens (tertiary/aromatic N) is 1. The van der Waals surface area contributed by atoms with Crippen LogP contribution in [0.5, 0.6) is 0 Å². The molecule has 1 aliphatic carbocycles. The van der Waals surface area contributed by atoms with Crippen LogP contribution in [-0.4, -0.2) is 50.1 Å². The molecule has 1 saturated carbocycles. The predicted octanol–water partition coefficient (Wildman–Crippen LogP) is 0.228. The fourth-order valence-corrected chi connectivity index (χ4v) is 1.95. The van der Waals surface area contributed by atoms with Crippen molar-refractivity contribution in [1.82, 2.24) is 15.5 Å². The Balaban J connectivity index is 0.00000128. The van der Waals surface area contributed by atoms with Crippen LogP contribution in [0.2, 0.25) is 0 Å². The van der Waals surface area contributed by atoms with E-state index in [0.29, 0.717) is 12.6 Å². The molecule has 0 aromatic heterocycles. The summed E-state index contributed by atoms with van der Waals surface area (Å²) in [5.74, 6) is 0.931. The van der Waals surface area contributed by atoms with Crippen LogP contribution in [0.3, 0.4) is 0 Å². The zero-order valence-corrected chi connectivity index (χ0v) is 10.7. The fraction of sp³-hybridized carbons (Fsp3) is 0.909. The highest BCUT2D eigenvalue weighted by molar-refractivity contribution is 5.85. The maximum atomic E-state index is 11.6. The molecule has 4 nitrogen and oxygen atoms in total. The summed E-state index contributed by atoms with van der Waals surface area (Å²) in [6.45, 7) is 3.47. The van der Waals surface area contributed by atoms with Gasteiger partial charge in [-0.2, -0.15) is 0 Å². The molecule has 0 atom stereocenters. The summed E-state index contributed by atoms with van der Waals surface area (Å²) in [5, 5.41) is 6.23. The Kier molecular flexibility index (Phi) is 5.52. The molecule has 5 heteroatoms. The summed E-state index contributed by atoms with van der Waals surface area (Å²) in [6, 6.07) is 0.555. The SMILES string of the molecule is CN(CC(=O)NCC1CCC1)C1CNC1.Cl. The van der Waals surface area contributed by atoms with E-state index in [4.69, 9.17) is 0 Å². The number of carbonyl (C=O) groups excluding carboxylic acids is 1. The van der Waals surface area contributed by atoms with Gasteiger partial charge < -0.3 is 10.6 Å². The molecule has 0 aromatic rings. The lowest BCUT2D eigenvalue weighted by molar-refractivity contribution is -0.123. The maximum absolute atomic E-state index is 11.6. The minimum absolute atomic E-state index is 0. The van der Waals surface area contributed by atoms with Gasteiger partial charge in [-0.05, 0) is 25.8 Å². The van der Waals surface area contributed by atoms with Crippen LogP contribution >= 0.6 is 12.4 Å². The Labute approximate surface area is 104 Å². The first-order valence-electron chi connectivity index (χ1n) is 5.93. The van der Waals surface area contributed by atoms with E-state index in [9.17, 15) is 4.79 Å². The molecule has 2 N–H and O–H groups in total. The normalized spacial score (nSPS) is 20.9. The number of rotatable bonds is 5. The molecule has 1 heterocycles. The third-order valence-corrected chi connectivity index (χ3v) is 3.59. The van der Waals surface area contributed by atoms with Gasteiger partial charge in [-0.1, -0.05) is 6.42 Å². The second-order valence-electron chi connectivity index (χ2n) is 4.83. The first-order valence-corrected chi connectivity index (χ1v) is 5.93. The number of likely N-dealkylation sites (N-methyl/N-ethyl adjacent to an activating group) is 1. The first kappa shape index (κ1) is 13.7. The number of amides is 1. The molecule has 1 aliphatic heterocycles.